The van der Waals surface area contributed by atoms with E-state index in [1.54, 1.807) is 41.3 Å². The number of hydrogen-bond acceptors (Lipinski definition) is 4. The minimum atomic E-state index is -3.27. The fraction of sp³-hybridized carbons (Fsp3) is 0.278. The van der Waals surface area contributed by atoms with Gasteiger partial charge in [0.05, 0.1) is 18.4 Å². The molecule has 0 aliphatic carbocycles. The molecule has 2 aromatic carbocycles. The monoisotopic (exact) mass is 345 g/mol. The van der Waals surface area contributed by atoms with Crippen LogP contribution in [0, 0.1) is 0 Å². The summed E-state index contributed by atoms with van der Waals surface area (Å²) in [5, 5.41) is -0.689. The summed E-state index contributed by atoms with van der Waals surface area (Å²) in [7, 11) is -1.75. The summed E-state index contributed by atoms with van der Waals surface area (Å²) in [6.45, 7) is 0.353. The predicted molar refractivity (Wildman–Crippen MR) is 91.9 cm³/mol. The van der Waals surface area contributed by atoms with Gasteiger partial charge in [-0.3, -0.25) is 4.79 Å². The van der Waals surface area contributed by atoms with Crippen LogP contribution in [0.2, 0.25) is 0 Å². The van der Waals surface area contributed by atoms with Gasteiger partial charge in [0.25, 0.3) is 5.91 Å². The van der Waals surface area contributed by atoms with Gasteiger partial charge in [0.2, 0.25) is 0 Å². The van der Waals surface area contributed by atoms with Crippen LogP contribution in [0.15, 0.2) is 54.6 Å². The van der Waals surface area contributed by atoms with Crippen molar-refractivity contribution in [2.75, 3.05) is 26.0 Å². The van der Waals surface area contributed by atoms with Gasteiger partial charge >= 0.3 is 0 Å². The molecular weight excluding hydrogens is 326 g/mol. The van der Waals surface area contributed by atoms with Gasteiger partial charge < -0.3 is 9.64 Å². The third-order valence-corrected chi connectivity index (χ3v) is 6.30. The van der Waals surface area contributed by atoms with Crippen molar-refractivity contribution in [3.63, 3.8) is 0 Å². The van der Waals surface area contributed by atoms with Crippen LogP contribution >= 0.6 is 0 Å². The van der Waals surface area contributed by atoms with Crippen LogP contribution in [0.3, 0.4) is 0 Å². The second kappa shape index (κ2) is 6.65. The second-order valence-corrected chi connectivity index (χ2v) is 8.02. The first-order valence-electron chi connectivity index (χ1n) is 7.72. The third-order valence-electron chi connectivity index (χ3n) is 4.26. The summed E-state index contributed by atoms with van der Waals surface area (Å²) >= 11 is 0. The number of carbonyl (C=O) groups excluding carboxylic acids is 1. The van der Waals surface area contributed by atoms with E-state index in [4.69, 9.17) is 4.74 Å². The Balaban J connectivity index is 1.90. The summed E-state index contributed by atoms with van der Waals surface area (Å²) in [6, 6.07) is 16.0. The lowest BCUT2D eigenvalue weighted by Crippen LogP contribution is -2.45. The highest BCUT2D eigenvalue weighted by atomic mass is 32.2. The zero-order chi connectivity index (χ0) is 17.2. The van der Waals surface area contributed by atoms with E-state index in [2.05, 4.69) is 0 Å². The van der Waals surface area contributed by atoms with Crippen molar-refractivity contribution < 1.29 is 17.9 Å². The van der Waals surface area contributed by atoms with Crippen molar-refractivity contribution in [2.45, 2.75) is 5.25 Å². The molecule has 0 bridgehead atoms. The lowest BCUT2D eigenvalue weighted by molar-refractivity contribution is 0.0755. The van der Waals surface area contributed by atoms with Gasteiger partial charge in [-0.15, -0.1) is 0 Å². The number of benzene rings is 2. The molecule has 24 heavy (non-hydrogen) atoms. The molecule has 1 aliphatic heterocycles. The Morgan fingerprint density at radius 3 is 2.46 bits per heavy atom. The minimum Gasteiger partial charge on any atom is -0.496 e. The Hall–Kier alpha value is -2.34. The van der Waals surface area contributed by atoms with Crippen molar-refractivity contribution in [2.24, 2.45) is 0 Å². The molecule has 2 aromatic rings. The Morgan fingerprint density at radius 1 is 1.08 bits per heavy atom. The average molecular weight is 345 g/mol. The molecule has 1 atom stereocenters. The van der Waals surface area contributed by atoms with Crippen LogP contribution < -0.4 is 4.74 Å². The van der Waals surface area contributed by atoms with Crippen LogP contribution in [0.25, 0.3) is 0 Å². The maximum absolute atomic E-state index is 12.8. The summed E-state index contributed by atoms with van der Waals surface area (Å²) in [5.41, 5.74) is 1.17. The van der Waals surface area contributed by atoms with Crippen LogP contribution in [0.5, 0.6) is 5.75 Å². The van der Waals surface area contributed by atoms with Gasteiger partial charge in [0.15, 0.2) is 9.84 Å². The van der Waals surface area contributed by atoms with Crippen molar-refractivity contribution in [1.29, 1.82) is 0 Å². The highest BCUT2D eigenvalue weighted by Gasteiger charge is 2.36. The molecule has 1 amide bonds. The summed E-state index contributed by atoms with van der Waals surface area (Å²) in [4.78, 5) is 14.4. The fourth-order valence-electron chi connectivity index (χ4n) is 2.94. The topological polar surface area (TPSA) is 63.7 Å². The van der Waals surface area contributed by atoms with Crippen molar-refractivity contribution in [3.05, 3.63) is 65.7 Å². The number of rotatable bonds is 3. The zero-order valence-corrected chi connectivity index (χ0v) is 14.2. The molecule has 6 heteroatoms. The van der Waals surface area contributed by atoms with Gasteiger partial charge in [-0.1, -0.05) is 42.5 Å². The highest BCUT2D eigenvalue weighted by molar-refractivity contribution is 7.91. The second-order valence-electron chi connectivity index (χ2n) is 5.72. The number of carbonyl (C=O) groups is 1. The Labute approximate surface area is 141 Å². The molecule has 0 spiro atoms. The molecule has 5 nitrogen and oxygen atoms in total. The Kier molecular flexibility index (Phi) is 4.57. The number of amides is 1. The van der Waals surface area contributed by atoms with E-state index >= 15 is 0 Å². The number of para-hydroxylation sites is 1. The average Bonchev–Trinajstić information content (AvgIpc) is 2.61. The number of sulfone groups is 1. The molecule has 1 heterocycles. The highest BCUT2D eigenvalue weighted by Crippen LogP contribution is 2.29. The van der Waals surface area contributed by atoms with E-state index in [1.807, 2.05) is 18.2 Å². The molecule has 3 rings (SSSR count). The van der Waals surface area contributed by atoms with E-state index in [1.165, 1.54) is 7.11 Å². The number of methoxy groups -OCH3 is 1. The van der Waals surface area contributed by atoms with Crippen LogP contribution in [-0.2, 0) is 9.84 Å². The smallest absolute Gasteiger partial charge is 0.257 e. The van der Waals surface area contributed by atoms with Gasteiger partial charge in [-0.25, -0.2) is 8.42 Å². The maximum atomic E-state index is 12.8. The summed E-state index contributed by atoms with van der Waals surface area (Å²) in [6.07, 6.45) is 0. The first-order valence-corrected chi connectivity index (χ1v) is 9.43. The first-order chi connectivity index (χ1) is 11.5. The molecule has 0 radical (unpaired) electrons. The lowest BCUT2D eigenvalue weighted by Gasteiger charge is -2.33. The molecule has 1 fully saturated rings. The summed E-state index contributed by atoms with van der Waals surface area (Å²) < 4.78 is 30.1. The Morgan fingerprint density at radius 2 is 1.75 bits per heavy atom. The lowest BCUT2D eigenvalue weighted by atomic mass is 10.1. The van der Waals surface area contributed by atoms with Gasteiger partial charge in [0.1, 0.15) is 11.0 Å². The molecule has 0 N–H and O–H groups in total. The largest absolute Gasteiger partial charge is 0.496 e. The molecule has 1 aliphatic rings. The van der Waals surface area contributed by atoms with E-state index < -0.39 is 15.1 Å². The van der Waals surface area contributed by atoms with Gasteiger partial charge in [-0.2, -0.15) is 0 Å². The number of hydrogen-bond donors (Lipinski definition) is 0. The predicted octanol–water partition coefficient (Wildman–Crippen LogP) is 2.31. The Bertz CT molecular complexity index is 833. The van der Waals surface area contributed by atoms with E-state index in [-0.39, 0.29) is 24.7 Å². The molecule has 1 saturated heterocycles. The molecule has 126 valence electrons. The van der Waals surface area contributed by atoms with Gasteiger partial charge in [0, 0.05) is 13.1 Å². The standard InChI is InChI=1S/C18H19NO4S/c1-23-16-10-6-5-9-15(16)18(20)19-11-12-24(21,22)17(13-19)14-7-3-2-4-8-14/h2-10,17H,11-13H2,1H3. The third kappa shape index (κ3) is 3.14. The maximum Gasteiger partial charge on any atom is 0.257 e. The SMILES string of the molecule is COc1ccccc1C(=O)N1CCS(=O)(=O)C(c2ccccc2)C1. The number of nitrogens with zero attached hydrogens (tertiary/aromatic N) is 1. The van der Waals surface area contributed by atoms with E-state index in [0.717, 1.165) is 5.56 Å². The van der Waals surface area contributed by atoms with Crippen LogP contribution in [-0.4, -0.2) is 45.2 Å². The molecule has 0 saturated carbocycles. The van der Waals surface area contributed by atoms with Crippen LogP contribution in [0.1, 0.15) is 21.2 Å². The fourth-order valence-corrected chi connectivity index (χ4v) is 4.68. The van der Waals surface area contributed by atoms with E-state index in [0.29, 0.717) is 11.3 Å². The quantitative estimate of drug-likeness (QED) is 0.856. The van der Waals surface area contributed by atoms with Crippen molar-refractivity contribution in [3.8, 4) is 5.75 Å². The molecular formula is C18H19NO4S. The minimum absolute atomic E-state index is 0.0343. The normalized spacial score (nSPS) is 19.7. The first kappa shape index (κ1) is 16.5. The van der Waals surface area contributed by atoms with E-state index in [9.17, 15) is 13.2 Å². The summed E-state index contributed by atoms with van der Waals surface area (Å²) in [5.74, 6) is 0.253. The molecule has 1 unspecified atom stereocenters. The van der Waals surface area contributed by atoms with Gasteiger partial charge in [-0.05, 0) is 17.7 Å². The number of ether oxygens (including phenoxy) is 1. The van der Waals surface area contributed by atoms with Crippen LogP contribution in [0.4, 0.5) is 0 Å². The zero-order valence-electron chi connectivity index (χ0n) is 13.4. The van der Waals surface area contributed by atoms with Crippen molar-refractivity contribution >= 4 is 15.7 Å². The molecule has 0 aromatic heterocycles. The van der Waals surface area contributed by atoms with Crippen molar-refractivity contribution in [1.82, 2.24) is 4.90 Å².